The standard InChI is InChI=1S/C13H23NO2S/c1-4-17(15,16)14-9-8-12-11(10(2)3)6-5-7-13(12)14/h6,10,12-13H,4-5,7-9H2,1-3H3. The summed E-state index contributed by atoms with van der Waals surface area (Å²) in [5, 5.41) is 0. The second kappa shape index (κ2) is 4.73. The van der Waals surface area contributed by atoms with E-state index in [9.17, 15) is 8.42 Å². The van der Waals surface area contributed by atoms with Crippen LogP contribution in [0.15, 0.2) is 11.6 Å². The fourth-order valence-electron chi connectivity index (χ4n) is 3.31. The molecule has 3 nitrogen and oxygen atoms in total. The molecule has 1 saturated heterocycles. The molecule has 2 atom stereocenters. The Morgan fingerprint density at radius 1 is 1.41 bits per heavy atom. The van der Waals surface area contributed by atoms with Gasteiger partial charge in [0.15, 0.2) is 0 Å². The molecule has 0 N–H and O–H groups in total. The summed E-state index contributed by atoms with van der Waals surface area (Å²) in [4.78, 5) is 0. The molecule has 0 spiro atoms. The summed E-state index contributed by atoms with van der Waals surface area (Å²) >= 11 is 0. The van der Waals surface area contributed by atoms with Crippen molar-refractivity contribution in [3.8, 4) is 0 Å². The van der Waals surface area contributed by atoms with Crippen molar-refractivity contribution in [1.82, 2.24) is 4.31 Å². The number of hydrogen-bond acceptors (Lipinski definition) is 2. The molecule has 0 bridgehead atoms. The summed E-state index contributed by atoms with van der Waals surface area (Å²) in [5.74, 6) is 1.26. The highest BCUT2D eigenvalue weighted by molar-refractivity contribution is 7.89. The minimum Gasteiger partial charge on any atom is -0.212 e. The van der Waals surface area contributed by atoms with E-state index in [1.165, 1.54) is 5.57 Å². The van der Waals surface area contributed by atoms with Crippen molar-refractivity contribution in [2.75, 3.05) is 12.3 Å². The quantitative estimate of drug-likeness (QED) is 0.728. The van der Waals surface area contributed by atoms with Crippen molar-refractivity contribution >= 4 is 10.0 Å². The Bertz CT molecular complexity index is 411. The van der Waals surface area contributed by atoms with Crippen molar-refractivity contribution in [2.24, 2.45) is 11.8 Å². The van der Waals surface area contributed by atoms with E-state index in [0.29, 0.717) is 11.8 Å². The van der Waals surface area contributed by atoms with Crippen molar-refractivity contribution in [3.05, 3.63) is 11.6 Å². The number of fused-ring (bicyclic) bond motifs is 1. The Labute approximate surface area is 105 Å². The minimum atomic E-state index is -3.01. The smallest absolute Gasteiger partial charge is 0.212 e. The molecule has 1 aliphatic heterocycles. The monoisotopic (exact) mass is 257 g/mol. The first-order chi connectivity index (χ1) is 7.97. The molecule has 2 rings (SSSR count). The van der Waals surface area contributed by atoms with Gasteiger partial charge in [-0.15, -0.1) is 0 Å². The molecule has 2 aliphatic rings. The van der Waals surface area contributed by atoms with Gasteiger partial charge in [-0.1, -0.05) is 25.5 Å². The maximum atomic E-state index is 12.0. The second-order valence-electron chi connectivity index (χ2n) is 5.41. The summed E-state index contributed by atoms with van der Waals surface area (Å²) in [6.07, 6.45) is 5.38. The van der Waals surface area contributed by atoms with E-state index in [0.717, 1.165) is 25.8 Å². The second-order valence-corrected chi connectivity index (χ2v) is 7.62. The normalized spacial score (nSPS) is 30.5. The third kappa shape index (κ3) is 2.29. The molecule has 0 aromatic heterocycles. The third-order valence-electron chi connectivity index (χ3n) is 4.15. The van der Waals surface area contributed by atoms with Crippen LogP contribution in [0.2, 0.25) is 0 Å². The third-order valence-corrected chi connectivity index (χ3v) is 6.05. The molecule has 1 aliphatic carbocycles. The zero-order chi connectivity index (χ0) is 12.6. The molecule has 0 saturated carbocycles. The van der Waals surface area contributed by atoms with Gasteiger partial charge in [-0.05, 0) is 38.0 Å². The van der Waals surface area contributed by atoms with Crippen LogP contribution in [0.25, 0.3) is 0 Å². The predicted molar refractivity (Wildman–Crippen MR) is 70.2 cm³/mol. The zero-order valence-corrected chi connectivity index (χ0v) is 11.8. The maximum Gasteiger partial charge on any atom is 0.214 e. The summed E-state index contributed by atoms with van der Waals surface area (Å²) in [7, 11) is -3.01. The van der Waals surface area contributed by atoms with Gasteiger partial charge in [0.2, 0.25) is 10.0 Å². The van der Waals surface area contributed by atoms with Crippen LogP contribution in [0.4, 0.5) is 0 Å². The Morgan fingerprint density at radius 2 is 2.12 bits per heavy atom. The van der Waals surface area contributed by atoms with Crippen LogP contribution in [-0.2, 0) is 10.0 Å². The number of allylic oxidation sites excluding steroid dienone is 1. The van der Waals surface area contributed by atoms with Crippen molar-refractivity contribution in [3.63, 3.8) is 0 Å². The van der Waals surface area contributed by atoms with Crippen LogP contribution in [0.1, 0.15) is 40.0 Å². The van der Waals surface area contributed by atoms with Crippen molar-refractivity contribution < 1.29 is 8.42 Å². The highest BCUT2D eigenvalue weighted by Gasteiger charge is 2.42. The Hall–Kier alpha value is -0.350. The van der Waals surface area contributed by atoms with Gasteiger partial charge < -0.3 is 0 Å². The number of nitrogens with zero attached hydrogens (tertiary/aromatic N) is 1. The van der Waals surface area contributed by atoms with E-state index in [1.807, 2.05) is 0 Å². The lowest BCUT2D eigenvalue weighted by atomic mass is 9.79. The number of hydrogen-bond donors (Lipinski definition) is 0. The first kappa shape index (κ1) is 13.1. The molecule has 1 fully saturated rings. The molecule has 0 amide bonds. The van der Waals surface area contributed by atoms with Crippen molar-refractivity contribution in [2.45, 2.75) is 46.1 Å². The fraction of sp³-hybridized carbons (Fsp3) is 0.846. The molecule has 4 heteroatoms. The van der Waals surface area contributed by atoms with Gasteiger partial charge in [-0.3, -0.25) is 0 Å². The van der Waals surface area contributed by atoms with Crippen LogP contribution >= 0.6 is 0 Å². The largest absolute Gasteiger partial charge is 0.214 e. The topological polar surface area (TPSA) is 37.4 Å². The van der Waals surface area contributed by atoms with Crippen LogP contribution in [-0.4, -0.2) is 31.1 Å². The van der Waals surface area contributed by atoms with E-state index in [4.69, 9.17) is 0 Å². The van der Waals surface area contributed by atoms with E-state index in [1.54, 1.807) is 11.2 Å². The maximum absolute atomic E-state index is 12.0. The molecule has 0 radical (unpaired) electrons. The first-order valence-electron chi connectivity index (χ1n) is 6.66. The molecule has 17 heavy (non-hydrogen) atoms. The fourth-order valence-corrected chi connectivity index (χ4v) is 4.69. The molecular weight excluding hydrogens is 234 g/mol. The zero-order valence-electron chi connectivity index (χ0n) is 11.0. The highest BCUT2D eigenvalue weighted by atomic mass is 32.2. The summed E-state index contributed by atoms with van der Waals surface area (Å²) in [5.41, 5.74) is 1.48. The SMILES string of the molecule is CCS(=O)(=O)N1CCC2C(C(C)C)=CCCC21. The van der Waals surface area contributed by atoms with E-state index in [2.05, 4.69) is 19.9 Å². The Balaban J connectivity index is 2.24. The molecule has 0 aromatic carbocycles. The van der Waals surface area contributed by atoms with Gasteiger partial charge in [0.25, 0.3) is 0 Å². The van der Waals surface area contributed by atoms with Gasteiger partial charge in [-0.25, -0.2) is 8.42 Å². The van der Waals surface area contributed by atoms with Gasteiger partial charge >= 0.3 is 0 Å². The molecule has 1 heterocycles. The molecule has 2 unspecified atom stereocenters. The van der Waals surface area contributed by atoms with E-state index < -0.39 is 10.0 Å². The first-order valence-corrected chi connectivity index (χ1v) is 8.27. The lowest BCUT2D eigenvalue weighted by molar-refractivity contribution is 0.319. The van der Waals surface area contributed by atoms with E-state index in [-0.39, 0.29) is 11.8 Å². The molecule has 98 valence electrons. The summed E-state index contributed by atoms with van der Waals surface area (Å²) in [6, 6.07) is 0.238. The molecule has 0 aromatic rings. The van der Waals surface area contributed by atoms with Crippen LogP contribution in [0.3, 0.4) is 0 Å². The lowest BCUT2D eigenvalue weighted by Crippen LogP contribution is -2.40. The number of sulfonamides is 1. The van der Waals surface area contributed by atoms with Gasteiger partial charge in [0.05, 0.1) is 5.75 Å². The van der Waals surface area contributed by atoms with Gasteiger partial charge in [0.1, 0.15) is 0 Å². The average molecular weight is 257 g/mol. The van der Waals surface area contributed by atoms with Gasteiger partial charge in [0, 0.05) is 12.6 Å². The highest BCUT2D eigenvalue weighted by Crippen LogP contribution is 2.41. The van der Waals surface area contributed by atoms with Crippen molar-refractivity contribution in [1.29, 1.82) is 0 Å². The molecular formula is C13H23NO2S. The lowest BCUT2D eigenvalue weighted by Gasteiger charge is -2.33. The average Bonchev–Trinajstić information content (AvgIpc) is 2.72. The Morgan fingerprint density at radius 3 is 2.71 bits per heavy atom. The van der Waals surface area contributed by atoms with E-state index >= 15 is 0 Å². The number of rotatable bonds is 3. The van der Waals surface area contributed by atoms with Gasteiger partial charge in [-0.2, -0.15) is 4.31 Å². The van der Waals surface area contributed by atoms with Crippen LogP contribution in [0, 0.1) is 11.8 Å². The summed E-state index contributed by atoms with van der Waals surface area (Å²) < 4.78 is 25.8. The minimum absolute atomic E-state index is 0.233. The predicted octanol–water partition coefficient (Wildman–Crippen LogP) is 2.40. The Kier molecular flexibility index (Phi) is 3.64. The van der Waals surface area contributed by atoms with Crippen LogP contribution in [0.5, 0.6) is 0 Å². The van der Waals surface area contributed by atoms with Crippen LogP contribution < -0.4 is 0 Å². The summed E-state index contributed by atoms with van der Waals surface area (Å²) in [6.45, 7) is 6.89.